The molecule has 0 heterocycles. The summed E-state index contributed by atoms with van der Waals surface area (Å²) in [4.78, 5) is 12.9. The highest BCUT2D eigenvalue weighted by atomic mass is 16.2. The molecule has 0 saturated heterocycles. The predicted molar refractivity (Wildman–Crippen MR) is 53.1 cm³/mol. The van der Waals surface area contributed by atoms with Gasteiger partial charge >= 0.3 is 6.03 Å². The summed E-state index contributed by atoms with van der Waals surface area (Å²) in [5.41, 5.74) is 5.32. The van der Waals surface area contributed by atoms with Crippen LogP contribution in [0.4, 0.5) is 4.79 Å². The minimum Gasteiger partial charge on any atom is -0.351 e. The summed E-state index contributed by atoms with van der Waals surface area (Å²) in [5.74, 6) is 0. The van der Waals surface area contributed by atoms with Crippen molar-refractivity contribution in [1.29, 1.82) is 0 Å². The standard InChI is InChI=1S/C10H19N2O/c1-2-3-8-12(10(11)13)9-6-4-5-7-9/h9H,1-8H2,(H2,11,13). The molecule has 0 aliphatic heterocycles. The average molecular weight is 183 g/mol. The Morgan fingerprint density at radius 2 is 2.08 bits per heavy atom. The van der Waals surface area contributed by atoms with E-state index in [1.165, 1.54) is 12.8 Å². The molecule has 2 amide bonds. The van der Waals surface area contributed by atoms with Gasteiger partial charge in [0.05, 0.1) is 0 Å². The highest BCUT2D eigenvalue weighted by Crippen LogP contribution is 2.23. The molecule has 1 rings (SSSR count). The highest BCUT2D eigenvalue weighted by Gasteiger charge is 2.24. The highest BCUT2D eigenvalue weighted by molar-refractivity contribution is 5.72. The van der Waals surface area contributed by atoms with Crippen LogP contribution in [0.15, 0.2) is 0 Å². The lowest BCUT2D eigenvalue weighted by Gasteiger charge is -2.26. The number of unbranched alkanes of at least 4 members (excludes halogenated alkanes) is 1. The topological polar surface area (TPSA) is 46.3 Å². The molecule has 0 bridgehead atoms. The van der Waals surface area contributed by atoms with Crippen LogP contribution in [0.5, 0.6) is 0 Å². The first-order valence-corrected chi connectivity index (χ1v) is 5.11. The molecule has 1 fully saturated rings. The van der Waals surface area contributed by atoms with Gasteiger partial charge in [-0.15, -0.1) is 0 Å². The number of nitrogens with zero attached hydrogens (tertiary/aromatic N) is 1. The Bertz CT molecular complexity index is 164. The molecule has 3 nitrogen and oxygen atoms in total. The molecule has 0 aromatic rings. The lowest BCUT2D eigenvalue weighted by atomic mass is 10.2. The number of nitrogens with two attached hydrogens (primary N) is 1. The number of hydrogen-bond donors (Lipinski definition) is 1. The second-order valence-corrected chi connectivity index (χ2v) is 3.68. The second kappa shape index (κ2) is 5.10. The molecule has 1 aliphatic rings. The van der Waals surface area contributed by atoms with Gasteiger partial charge in [-0.1, -0.05) is 26.2 Å². The monoisotopic (exact) mass is 183 g/mol. The maximum Gasteiger partial charge on any atom is 0.315 e. The zero-order valence-electron chi connectivity index (χ0n) is 8.17. The summed E-state index contributed by atoms with van der Waals surface area (Å²) in [5, 5.41) is 0. The Kier molecular flexibility index (Phi) is 4.06. The van der Waals surface area contributed by atoms with E-state index in [1.807, 2.05) is 4.90 Å². The lowest BCUT2D eigenvalue weighted by Crippen LogP contribution is -2.42. The van der Waals surface area contributed by atoms with E-state index in [4.69, 9.17) is 5.73 Å². The normalized spacial score (nSPS) is 17.6. The summed E-state index contributed by atoms with van der Waals surface area (Å²) in [6.45, 7) is 4.55. The Morgan fingerprint density at radius 1 is 1.46 bits per heavy atom. The fourth-order valence-corrected chi connectivity index (χ4v) is 1.97. The van der Waals surface area contributed by atoms with Crippen LogP contribution < -0.4 is 5.73 Å². The molecule has 1 radical (unpaired) electrons. The van der Waals surface area contributed by atoms with Crippen LogP contribution in [0, 0.1) is 6.92 Å². The molecule has 13 heavy (non-hydrogen) atoms. The van der Waals surface area contributed by atoms with Crippen molar-refractivity contribution in [2.45, 2.75) is 44.6 Å². The minimum atomic E-state index is -0.264. The van der Waals surface area contributed by atoms with Gasteiger partial charge in [0.15, 0.2) is 0 Å². The zero-order chi connectivity index (χ0) is 9.68. The van der Waals surface area contributed by atoms with Gasteiger partial charge in [-0.05, 0) is 19.3 Å². The van der Waals surface area contributed by atoms with E-state index in [9.17, 15) is 4.79 Å². The van der Waals surface area contributed by atoms with Crippen molar-refractivity contribution >= 4 is 6.03 Å². The minimum absolute atomic E-state index is 0.264. The molecule has 1 saturated carbocycles. The van der Waals surface area contributed by atoms with Gasteiger partial charge < -0.3 is 10.6 Å². The molecule has 0 unspecified atom stereocenters. The molecule has 0 atom stereocenters. The van der Waals surface area contributed by atoms with E-state index >= 15 is 0 Å². The average Bonchev–Trinajstić information content (AvgIpc) is 2.57. The molecular formula is C10H19N2O. The molecule has 3 heteroatoms. The maximum absolute atomic E-state index is 11.1. The van der Waals surface area contributed by atoms with E-state index < -0.39 is 0 Å². The summed E-state index contributed by atoms with van der Waals surface area (Å²) in [6.07, 6.45) is 6.55. The van der Waals surface area contributed by atoms with Gasteiger partial charge in [-0.25, -0.2) is 4.79 Å². The number of rotatable bonds is 4. The zero-order valence-corrected chi connectivity index (χ0v) is 8.17. The fourth-order valence-electron chi connectivity index (χ4n) is 1.97. The molecular weight excluding hydrogens is 164 g/mol. The van der Waals surface area contributed by atoms with E-state index in [1.54, 1.807) is 0 Å². The van der Waals surface area contributed by atoms with Gasteiger partial charge in [0.2, 0.25) is 0 Å². The molecule has 2 N–H and O–H groups in total. The van der Waals surface area contributed by atoms with E-state index in [-0.39, 0.29) is 6.03 Å². The first kappa shape index (κ1) is 10.4. The smallest absolute Gasteiger partial charge is 0.315 e. The van der Waals surface area contributed by atoms with Gasteiger partial charge in [0.25, 0.3) is 0 Å². The number of hydrogen-bond acceptors (Lipinski definition) is 1. The van der Waals surface area contributed by atoms with Crippen molar-refractivity contribution in [2.24, 2.45) is 5.73 Å². The molecule has 0 aromatic carbocycles. The first-order chi connectivity index (χ1) is 6.25. The number of carbonyl (C=O) groups excluding carboxylic acids is 1. The summed E-state index contributed by atoms with van der Waals surface area (Å²) in [6, 6.07) is 0.143. The van der Waals surface area contributed by atoms with Crippen molar-refractivity contribution in [3.05, 3.63) is 6.92 Å². The third-order valence-electron chi connectivity index (χ3n) is 2.70. The Labute approximate surface area is 80.3 Å². The van der Waals surface area contributed by atoms with E-state index in [0.717, 1.165) is 32.2 Å². The summed E-state index contributed by atoms with van der Waals surface area (Å²) in [7, 11) is 0. The second-order valence-electron chi connectivity index (χ2n) is 3.68. The van der Waals surface area contributed by atoms with Crippen molar-refractivity contribution in [3.8, 4) is 0 Å². The molecule has 0 spiro atoms. The van der Waals surface area contributed by atoms with Crippen LogP contribution in [-0.4, -0.2) is 23.5 Å². The summed E-state index contributed by atoms with van der Waals surface area (Å²) < 4.78 is 0. The van der Waals surface area contributed by atoms with Crippen LogP contribution in [0.25, 0.3) is 0 Å². The Hall–Kier alpha value is -0.730. The largest absolute Gasteiger partial charge is 0.351 e. The quantitative estimate of drug-likeness (QED) is 0.711. The molecule has 0 aromatic heterocycles. The van der Waals surface area contributed by atoms with Crippen LogP contribution in [0.2, 0.25) is 0 Å². The third-order valence-corrected chi connectivity index (χ3v) is 2.70. The van der Waals surface area contributed by atoms with Crippen molar-refractivity contribution in [2.75, 3.05) is 6.54 Å². The van der Waals surface area contributed by atoms with Gasteiger partial charge in [-0.3, -0.25) is 0 Å². The van der Waals surface area contributed by atoms with Crippen molar-refractivity contribution in [3.63, 3.8) is 0 Å². The van der Waals surface area contributed by atoms with Crippen LogP contribution in [-0.2, 0) is 0 Å². The summed E-state index contributed by atoms with van der Waals surface area (Å²) >= 11 is 0. The lowest BCUT2D eigenvalue weighted by molar-refractivity contribution is 0.183. The van der Waals surface area contributed by atoms with Gasteiger partial charge in [0, 0.05) is 12.6 Å². The van der Waals surface area contributed by atoms with Crippen LogP contribution in [0.3, 0.4) is 0 Å². The Morgan fingerprint density at radius 3 is 2.54 bits per heavy atom. The number of amides is 2. The van der Waals surface area contributed by atoms with Crippen molar-refractivity contribution < 1.29 is 4.79 Å². The number of carbonyl (C=O) groups is 1. The molecule has 75 valence electrons. The molecule has 1 aliphatic carbocycles. The van der Waals surface area contributed by atoms with E-state index in [0.29, 0.717) is 6.04 Å². The fraction of sp³-hybridized carbons (Fsp3) is 0.800. The van der Waals surface area contributed by atoms with Crippen LogP contribution in [0.1, 0.15) is 38.5 Å². The number of primary amides is 1. The maximum atomic E-state index is 11.1. The Balaban J connectivity index is 2.40. The van der Waals surface area contributed by atoms with Gasteiger partial charge in [0.1, 0.15) is 0 Å². The third kappa shape index (κ3) is 2.90. The van der Waals surface area contributed by atoms with E-state index in [2.05, 4.69) is 6.92 Å². The van der Waals surface area contributed by atoms with Crippen molar-refractivity contribution in [1.82, 2.24) is 4.90 Å². The SMILES string of the molecule is [CH2]CCCN(C(N)=O)C1CCCC1. The number of urea groups is 1. The van der Waals surface area contributed by atoms with Gasteiger partial charge in [-0.2, -0.15) is 0 Å². The first-order valence-electron chi connectivity index (χ1n) is 5.11. The predicted octanol–water partition coefficient (Wildman–Crippen LogP) is 1.92. The van der Waals surface area contributed by atoms with Crippen LogP contribution >= 0.6 is 0 Å².